The number of hydrogen-bond acceptors (Lipinski definition) is 3. The van der Waals surface area contributed by atoms with E-state index < -0.39 is 0 Å². The SMILES string of the molecule is O=C(CSc1ccccc1Cl)Nc1cccc(N2CCCC2=O)c1. The second-order valence-electron chi connectivity index (χ2n) is 5.47. The van der Waals surface area contributed by atoms with E-state index in [-0.39, 0.29) is 17.6 Å². The minimum Gasteiger partial charge on any atom is -0.325 e. The predicted molar refractivity (Wildman–Crippen MR) is 98.8 cm³/mol. The predicted octanol–water partition coefficient (Wildman–Crippen LogP) is 4.20. The zero-order valence-electron chi connectivity index (χ0n) is 13.0. The van der Waals surface area contributed by atoms with E-state index in [0.717, 1.165) is 23.5 Å². The number of benzene rings is 2. The van der Waals surface area contributed by atoms with Gasteiger partial charge in [-0.25, -0.2) is 0 Å². The van der Waals surface area contributed by atoms with Crippen LogP contribution in [-0.4, -0.2) is 24.1 Å². The smallest absolute Gasteiger partial charge is 0.234 e. The highest BCUT2D eigenvalue weighted by Crippen LogP contribution is 2.27. The Kier molecular flexibility index (Phi) is 5.43. The zero-order valence-corrected chi connectivity index (χ0v) is 14.6. The Hall–Kier alpha value is -1.98. The standard InChI is InChI=1S/C18H17ClN2O2S/c19-15-7-1-2-8-16(15)24-12-17(22)20-13-5-3-6-14(11-13)21-10-4-9-18(21)23/h1-3,5-8,11H,4,9-10,12H2,(H,20,22). The number of amides is 2. The third-order valence-electron chi connectivity index (χ3n) is 3.71. The molecule has 0 bridgehead atoms. The van der Waals surface area contributed by atoms with Gasteiger partial charge in [0.25, 0.3) is 0 Å². The second kappa shape index (κ2) is 7.73. The molecule has 1 fully saturated rings. The Bertz CT molecular complexity index is 766. The molecule has 124 valence electrons. The molecule has 6 heteroatoms. The molecule has 1 heterocycles. The van der Waals surface area contributed by atoms with E-state index in [2.05, 4.69) is 5.32 Å². The van der Waals surface area contributed by atoms with E-state index in [0.29, 0.717) is 17.1 Å². The molecule has 1 saturated heterocycles. The number of nitrogens with zero attached hydrogens (tertiary/aromatic N) is 1. The monoisotopic (exact) mass is 360 g/mol. The van der Waals surface area contributed by atoms with Crippen molar-refractivity contribution in [3.05, 3.63) is 53.6 Å². The Balaban J connectivity index is 1.60. The first-order valence-corrected chi connectivity index (χ1v) is 9.07. The minimum atomic E-state index is -0.107. The Morgan fingerprint density at radius 2 is 2.04 bits per heavy atom. The van der Waals surface area contributed by atoms with Crippen molar-refractivity contribution in [2.24, 2.45) is 0 Å². The van der Waals surface area contributed by atoms with Crippen LogP contribution in [0.2, 0.25) is 5.02 Å². The van der Waals surface area contributed by atoms with Gasteiger partial charge in [-0.1, -0.05) is 29.8 Å². The number of hydrogen-bond donors (Lipinski definition) is 1. The molecule has 24 heavy (non-hydrogen) atoms. The maximum atomic E-state index is 12.1. The molecule has 3 rings (SSSR count). The number of carbonyl (C=O) groups is 2. The van der Waals surface area contributed by atoms with E-state index in [1.165, 1.54) is 11.8 Å². The van der Waals surface area contributed by atoms with Crippen LogP contribution >= 0.6 is 23.4 Å². The van der Waals surface area contributed by atoms with Crippen LogP contribution < -0.4 is 10.2 Å². The van der Waals surface area contributed by atoms with E-state index in [4.69, 9.17) is 11.6 Å². The van der Waals surface area contributed by atoms with Crippen molar-refractivity contribution in [2.75, 3.05) is 22.5 Å². The number of thioether (sulfide) groups is 1. The van der Waals surface area contributed by atoms with Gasteiger partial charge in [-0.3, -0.25) is 9.59 Å². The summed E-state index contributed by atoms with van der Waals surface area (Å²) in [5.41, 5.74) is 1.52. The molecule has 0 aromatic heterocycles. The zero-order chi connectivity index (χ0) is 16.9. The maximum Gasteiger partial charge on any atom is 0.234 e. The fraction of sp³-hybridized carbons (Fsp3) is 0.222. The van der Waals surface area contributed by atoms with Gasteiger partial charge in [-0.05, 0) is 36.8 Å². The summed E-state index contributed by atoms with van der Waals surface area (Å²) >= 11 is 7.48. The highest BCUT2D eigenvalue weighted by atomic mass is 35.5. The third-order valence-corrected chi connectivity index (χ3v) is 5.23. The number of halogens is 1. The lowest BCUT2D eigenvalue weighted by molar-refractivity contribution is -0.117. The van der Waals surface area contributed by atoms with Crippen LogP contribution in [0.3, 0.4) is 0 Å². The average Bonchev–Trinajstić information content (AvgIpc) is 3.00. The van der Waals surface area contributed by atoms with E-state index >= 15 is 0 Å². The van der Waals surface area contributed by atoms with Gasteiger partial charge < -0.3 is 10.2 Å². The molecule has 1 aliphatic rings. The molecule has 0 saturated carbocycles. The molecular weight excluding hydrogens is 344 g/mol. The van der Waals surface area contributed by atoms with Crippen molar-refractivity contribution in [3.63, 3.8) is 0 Å². The molecule has 0 aliphatic carbocycles. The second-order valence-corrected chi connectivity index (χ2v) is 6.89. The summed E-state index contributed by atoms with van der Waals surface area (Å²) in [7, 11) is 0. The van der Waals surface area contributed by atoms with Crippen LogP contribution in [0.15, 0.2) is 53.4 Å². The van der Waals surface area contributed by atoms with Crippen LogP contribution in [0.25, 0.3) is 0 Å². The lowest BCUT2D eigenvalue weighted by atomic mass is 10.2. The van der Waals surface area contributed by atoms with E-state index in [1.54, 1.807) is 11.0 Å². The summed E-state index contributed by atoms with van der Waals surface area (Å²) in [4.78, 5) is 26.6. The van der Waals surface area contributed by atoms with Gasteiger partial charge in [0.1, 0.15) is 0 Å². The summed E-state index contributed by atoms with van der Waals surface area (Å²) in [6.07, 6.45) is 1.47. The molecular formula is C18H17ClN2O2S. The van der Waals surface area contributed by atoms with Gasteiger partial charge in [0.15, 0.2) is 0 Å². The van der Waals surface area contributed by atoms with Gasteiger partial charge in [-0.15, -0.1) is 11.8 Å². The highest BCUT2D eigenvalue weighted by molar-refractivity contribution is 8.00. The normalized spacial score (nSPS) is 14.0. The van der Waals surface area contributed by atoms with Crippen molar-refractivity contribution in [1.29, 1.82) is 0 Å². The fourth-order valence-corrected chi connectivity index (χ4v) is 3.61. The molecule has 4 nitrogen and oxygen atoms in total. The number of nitrogens with one attached hydrogen (secondary N) is 1. The Morgan fingerprint density at radius 1 is 1.21 bits per heavy atom. The fourth-order valence-electron chi connectivity index (χ4n) is 2.57. The summed E-state index contributed by atoms with van der Waals surface area (Å²) in [6.45, 7) is 0.735. The molecule has 1 N–H and O–H groups in total. The summed E-state index contributed by atoms with van der Waals surface area (Å²) in [6, 6.07) is 14.8. The quantitative estimate of drug-likeness (QED) is 0.813. The summed E-state index contributed by atoms with van der Waals surface area (Å²) in [5.74, 6) is 0.300. The first-order chi connectivity index (χ1) is 11.6. The Morgan fingerprint density at radius 3 is 2.79 bits per heavy atom. The molecule has 1 aliphatic heterocycles. The number of carbonyl (C=O) groups excluding carboxylic acids is 2. The van der Waals surface area contributed by atoms with E-state index in [1.807, 2.05) is 42.5 Å². The largest absolute Gasteiger partial charge is 0.325 e. The highest BCUT2D eigenvalue weighted by Gasteiger charge is 2.21. The van der Waals surface area contributed by atoms with Crippen LogP contribution in [0, 0.1) is 0 Å². The summed E-state index contributed by atoms with van der Waals surface area (Å²) in [5, 5.41) is 3.51. The van der Waals surface area contributed by atoms with Gasteiger partial charge in [0, 0.05) is 29.2 Å². The van der Waals surface area contributed by atoms with Crippen LogP contribution in [0.5, 0.6) is 0 Å². The topological polar surface area (TPSA) is 49.4 Å². The van der Waals surface area contributed by atoms with Crippen molar-refractivity contribution in [2.45, 2.75) is 17.7 Å². The molecule has 2 amide bonds. The lowest BCUT2D eigenvalue weighted by Crippen LogP contribution is -2.23. The lowest BCUT2D eigenvalue weighted by Gasteiger charge is -2.16. The summed E-state index contributed by atoms with van der Waals surface area (Å²) < 4.78 is 0. The first kappa shape index (κ1) is 16.9. The van der Waals surface area contributed by atoms with Crippen molar-refractivity contribution < 1.29 is 9.59 Å². The molecule has 0 atom stereocenters. The van der Waals surface area contributed by atoms with Crippen molar-refractivity contribution >= 4 is 46.6 Å². The molecule has 0 unspecified atom stereocenters. The third kappa shape index (κ3) is 4.10. The van der Waals surface area contributed by atoms with Gasteiger partial charge in [0.2, 0.25) is 11.8 Å². The first-order valence-electron chi connectivity index (χ1n) is 7.71. The van der Waals surface area contributed by atoms with Crippen molar-refractivity contribution in [3.8, 4) is 0 Å². The minimum absolute atomic E-state index is 0.107. The van der Waals surface area contributed by atoms with Crippen LogP contribution in [0.4, 0.5) is 11.4 Å². The van der Waals surface area contributed by atoms with Crippen LogP contribution in [-0.2, 0) is 9.59 Å². The molecule has 0 radical (unpaired) electrons. The van der Waals surface area contributed by atoms with Gasteiger partial charge in [-0.2, -0.15) is 0 Å². The van der Waals surface area contributed by atoms with E-state index in [9.17, 15) is 9.59 Å². The number of rotatable bonds is 5. The molecule has 0 spiro atoms. The van der Waals surface area contributed by atoms with Gasteiger partial charge in [0.05, 0.1) is 10.8 Å². The molecule has 2 aromatic carbocycles. The maximum absolute atomic E-state index is 12.1. The van der Waals surface area contributed by atoms with Crippen molar-refractivity contribution in [1.82, 2.24) is 0 Å². The van der Waals surface area contributed by atoms with Gasteiger partial charge >= 0.3 is 0 Å². The Labute approximate surface area is 150 Å². The molecule has 2 aromatic rings. The van der Waals surface area contributed by atoms with Crippen LogP contribution in [0.1, 0.15) is 12.8 Å². The average molecular weight is 361 g/mol. The number of anilines is 2.